The molecule has 1 N–H and O–H groups in total. The number of aliphatic hydroxyl groups excluding tert-OH is 1. The predicted octanol–water partition coefficient (Wildman–Crippen LogP) is -4.19. The molecule has 1 aromatic heterocycles. The zero-order valence-corrected chi connectivity index (χ0v) is 18.8. The zero-order valence-electron chi connectivity index (χ0n) is 17.3. The van der Waals surface area contributed by atoms with Crippen molar-refractivity contribution < 1.29 is 44.1 Å². The summed E-state index contributed by atoms with van der Waals surface area (Å²) in [4.78, 5) is 8.94. The number of anilines is 1. The van der Waals surface area contributed by atoms with Crippen LogP contribution in [0.5, 0.6) is 11.5 Å². The molecule has 0 saturated carbocycles. The van der Waals surface area contributed by atoms with Crippen LogP contribution in [0.2, 0.25) is 0 Å². The first-order valence-electron chi connectivity index (χ1n) is 9.54. The molecule has 1 aliphatic rings. The Kier molecular flexibility index (Phi) is 11.8. The number of pyridine rings is 1. The number of hydrogen-bond acceptors (Lipinski definition) is 7. The summed E-state index contributed by atoms with van der Waals surface area (Å²) < 4.78 is 16.2. The first-order chi connectivity index (χ1) is 13.7. The van der Waals surface area contributed by atoms with Gasteiger partial charge in [0.25, 0.3) is 0 Å². The molecular weight excluding hydrogens is 429 g/mol. The molecule has 1 atom stereocenters. The lowest BCUT2D eigenvalue weighted by Gasteiger charge is -2.36. The molecule has 1 fully saturated rings. The number of aliphatic hydroxyl groups is 1. The minimum absolute atomic E-state index is 0. The molecule has 168 valence electrons. The molecule has 0 radical (unpaired) electrons. The lowest BCUT2D eigenvalue weighted by atomic mass is 10.2. The number of β-amino-alcohol motifs (C(OH)–C–C–N with tert-alkyl or cyclic N) is 1. The maximum atomic E-state index is 10.3. The van der Waals surface area contributed by atoms with Gasteiger partial charge < -0.3 is 49.0 Å². The van der Waals surface area contributed by atoms with Crippen LogP contribution in [0.25, 0.3) is 0 Å². The van der Waals surface area contributed by atoms with E-state index in [1.54, 1.807) is 14.2 Å². The monoisotopic (exact) mass is 457 g/mol. The molecule has 2 aromatic rings. The van der Waals surface area contributed by atoms with Crippen LogP contribution < -0.4 is 39.2 Å². The van der Waals surface area contributed by atoms with Crippen molar-refractivity contribution in [2.45, 2.75) is 12.7 Å². The summed E-state index contributed by atoms with van der Waals surface area (Å²) in [6.45, 7) is 4.97. The first-order valence-corrected chi connectivity index (χ1v) is 9.54. The van der Waals surface area contributed by atoms with Gasteiger partial charge in [0.2, 0.25) is 0 Å². The second-order valence-corrected chi connectivity index (χ2v) is 6.83. The summed E-state index contributed by atoms with van der Waals surface area (Å²) in [6, 6.07) is 11.7. The number of methoxy groups -OCH3 is 2. The molecule has 7 nitrogen and oxygen atoms in total. The molecule has 3 rings (SSSR count). The highest BCUT2D eigenvalue weighted by Crippen LogP contribution is 2.27. The third-order valence-electron chi connectivity index (χ3n) is 4.84. The Hall–Kier alpha value is -1.77. The maximum absolute atomic E-state index is 10.3. The van der Waals surface area contributed by atoms with Crippen molar-refractivity contribution >= 4 is 5.82 Å². The fourth-order valence-corrected chi connectivity index (χ4v) is 3.33. The van der Waals surface area contributed by atoms with E-state index in [1.165, 1.54) is 0 Å². The van der Waals surface area contributed by atoms with E-state index >= 15 is 0 Å². The number of rotatable bonds is 9. The lowest BCUT2D eigenvalue weighted by Crippen LogP contribution is -3.00. The highest BCUT2D eigenvalue weighted by molar-refractivity contribution is 5.42. The second kappa shape index (κ2) is 13.5. The third kappa shape index (κ3) is 7.49. The van der Waals surface area contributed by atoms with Crippen LogP contribution in [0.3, 0.4) is 0 Å². The van der Waals surface area contributed by atoms with Gasteiger partial charge in [0.15, 0.2) is 11.5 Å². The Balaban J connectivity index is 0.00000225. The Bertz CT molecular complexity index is 731. The normalized spacial score (nSPS) is 15.0. The van der Waals surface area contributed by atoms with Gasteiger partial charge in [-0.15, -0.1) is 0 Å². The van der Waals surface area contributed by atoms with Gasteiger partial charge in [-0.05, 0) is 29.8 Å². The van der Waals surface area contributed by atoms with Gasteiger partial charge in [-0.1, -0.05) is 12.1 Å². The molecule has 1 unspecified atom stereocenters. The summed E-state index contributed by atoms with van der Waals surface area (Å²) in [7, 11) is 3.22. The highest BCUT2D eigenvalue weighted by atomic mass is 35.5. The van der Waals surface area contributed by atoms with Crippen molar-refractivity contribution in [1.82, 2.24) is 9.88 Å². The molecule has 0 aliphatic carbocycles. The van der Waals surface area contributed by atoms with Gasteiger partial charge in [0, 0.05) is 38.9 Å². The smallest absolute Gasteiger partial charge is 0.161 e. The number of ether oxygens (including phenoxy) is 3. The summed E-state index contributed by atoms with van der Waals surface area (Å²) in [6.07, 6.45) is 1.31. The van der Waals surface area contributed by atoms with E-state index in [2.05, 4.69) is 14.8 Å². The lowest BCUT2D eigenvalue weighted by molar-refractivity contribution is -0.001000. The van der Waals surface area contributed by atoms with E-state index in [9.17, 15) is 5.11 Å². The maximum Gasteiger partial charge on any atom is 0.161 e. The van der Waals surface area contributed by atoms with Crippen molar-refractivity contribution in [2.24, 2.45) is 0 Å². The Labute approximate surface area is 190 Å². The number of piperazine rings is 1. The average Bonchev–Trinajstić information content (AvgIpc) is 2.74. The highest BCUT2D eigenvalue weighted by Gasteiger charge is 2.20. The topological polar surface area (TPSA) is 67.3 Å². The SMILES string of the molecule is COc1ccc(COCC(O)CN2CCN(c3ccccn3)CC2)cc1OC.[Cl-].[Cl-]. The van der Waals surface area contributed by atoms with E-state index in [-0.39, 0.29) is 24.8 Å². The Morgan fingerprint density at radius 1 is 1.00 bits per heavy atom. The summed E-state index contributed by atoms with van der Waals surface area (Å²) >= 11 is 0. The van der Waals surface area contributed by atoms with Crippen molar-refractivity contribution in [3.05, 3.63) is 48.2 Å². The van der Waals surface area contributed by atoms with Crippen molar-refractivity contribution in [1.29, 1.82) is 0 Å². The molecular formula is C21H29Cl2N3O4-2. The van der Waals surface area contributed by atoms with Crippen LogP contribution in [-0.4, -0.2) is 74.6 Å². The van der Waals surface area contributed by atoms with E-state index < -0.39 is 6.10 Å². The van der Waals surface area contributed by atoms with Gasteiger partial charge in [-0.3, -0.25) is 4.90 Å². The molecule has 9 heteroatoms. The van der Waals surface area contributed by atoms with Crippen LogP contribution >= 0.6 is 0 Å². The Morgan fingerprint density at radius 2 is 1.73 bits per heavy atom. The number of nitrogens with zero attached hydrogens (tertiary/aromatic N) is 3. The quantitative estimate of drug-likeness (QED) is 0.409. The third-order valence-corrected chi connectivity index (χ3v) is 4.84. The van der Waals surface area contributed by atoms with E-state index in [0.717, 1.165) is 37.6 Å². The second-order valence-electron chi connectivity index (χ2n) is 6.83. The fourth-order valence-electron chi connectivity index (χ4n) is 3.33. The standard InChI is InChI=1S/C21H29N3O4.2ClH/c1-26-19-7-6-17(13-20(19)27-2)15-28-16-18(25)14-23-9-11-24(12-10-23)21-5-3-4-8-22-21;;/h3-8,13,18,25H,9-12,14-16H2,1-2H3;2*1H/p-2. The van der Waals surface area contributed by atoms with Crippen LogP contribution in [-0.2, 0) is 11.3 Å². The van der Waals surface area contributed by atoms with E-state index in [4.69, 9.17) is 14.2 Å². The van der Waals surface area contributed by atoms with Crippen molar-refractivity contribution in [3.63, 3.8) is 0 Å². The van der Waals surface area contributed by atoms with Crippen molar-refractivity contribution in [3.8, 4) is 11.5 Å². The molecule has 0 amide bonds. The number of hydrogen-bond donors (Lipinski definition) is 1. The molecule has 1 saturated heterocycles. The Morgan fingerprint density at radius 3 is 2.37 bits per heavy atom. The van der Waals surface area contributed by atoms with Gasteiger partial charge in [-0.25, -0.2) is 4.98 Å². The molecule has 0 spiro atoms. The molecule has 1 aromatic carbocycles. The van der Waals surface area contributed by atoms with Crippen molar-refractivity contribution in [2.75, 3.05) is 58.5 Å². The van der Waals surface area contributed by atoms with Gasteiger partial charge in [-0.2, -0.15) is 0 Å². The summed E-state index contributed by atoms with van der Waals surface area (Å²) in [5.74, 6) is 2.38. The summed E-state index contributed by atoms with van der Waals surface area (Å²) in [5, 5.41) is 10.3. The van der Waals surface area contributed by atoms with E-state index in [1.807, 2.05) is 42.6 Å². The van der Waals surface area contributed by atoms with Crippen LogP contribution in [0.4, 0.5) is 5.82 Å². The minimum atomic E-state index is -0.512. The zero-order chi connectivity index (χ0) is 19.8. The van der Waals surface area contributed by atoms with Crippen LogP contribution in [0.1, 0.15) is 5.56 Å². The molecule has 1 aliphatic heterocycles. The summed E-state index contributed by atoms with van der Waals surface area (Å²) in [5.41, 5.74) is 0.980. The predicted molar refractivity (Wildman–Crippen MR) is 108 cm³/mol. The van der Waals surface area contributed by atoms with E-state index in [0.29, 0.717) is 31.3 Å². The van der Waals surface area contributed by atoms with Crippen LogP contribution in [0, 0.1) is 0 Å². The van der Waals surface area contributed by atoms with Gasteiger partial charge in [0.05, 0.1) is 33.5 Å². The first kappa shape index (κ1) is 26.3. The van der Waals surface area contributed by atoms with Crippen LogP contribution in [0.15, 0.2) is 42.6 Å². The largest absolute Gasteiger partial charge is 1.00 e. The van der Waals surface area contributed by atoms with Gasteiger partial charge >= 0.3 is 0 Å². The minimum Gasteiger partial charge on any atom is -1.00 e. The number of benzene rings is 1. The number of halogens is 2. The molecule has 0 bridgehead atoms. The molecule has 2 heterocycles. The number of aromatic nitrogens is 1. The fraction of sp³-hybridized carbons (Fsp3) is 0.476. The molecule has 30 heavy (non-hydrogen) atoms. The average molecular weight is 458 g/mol. The van der Waals surface area contributed by atoms with Gasteiger partial charge in [0.1, 0.15) is 5.82 Å².